The summed E-state index contributed by atoms with van der Waals surface area (Å²) in [6.45, 7) is 2.78. The molecule has 0 aromatic heterocycles. The summed E-state index contributed by atoms with van der Waals surface area (Å²) < 4.78 is 12.0. The molecule has 0 unspecified atom stereocenters. The summed E-state index contributed by atoms with van der Waals surface area (Å²) in [4.78, 5) is 30.5. The summed E-state index contributed by atoms with van der Waals surface area (Å²) in [5.74, 6) is 0.0540. The van der Waals surface area contributed by atoms with Crippen molar-refractivity contribution in [2.75, 3.05) is 13.7 Å². The Labute approximate surface area is 230 Å². The Balaban J connectivity index is 1.35. The standard InChI is InChI=1S/C31H26N2O5S/c1-3-37-27-17-20(11-16-26(27)38-19-23-9-6-8-21-7-4-5-10-25(21)23)18-28-29(34)33(2)31(39-28)32-24-14-12-22(13-15-24)30(35)36/h4-18H,3,19H2,1-2H3,(H,35,36). The predicted molar refractivity (Wildman–Crippen MR) is 155 cm³/mol. The molecule has 0 radical (unpaired) electrons. The van der Waals surface area contributed by atoms with Crippen LogP contribution in [0.1, 0.15) is 28.4 Å². The second-order valence-corrected chi connectivity index (χ2v) is 9.80. The van der Waals surface area contributed by atoms with Gasteiger partial charge in [-0.3, -0.25) is 9.69 Å². The fourth-order valence-electron chi connectivity index (χ4n) is 4.17. The fraction of sp³-hybridized carbons (Fsp3) is 0.129. The molecule has 7 nitrogen and oxygen atoms in total. The van der Waals surface area contributed by atoms with Gasteiger partial charge in [0.15, 0.2) is 16.7 Å². The molecule has 1 N–H and O–H groups in total. The van der Waals surface area contributed by atoms with E-state index >= 15 is 0 Å². The summed E-state index contributed by atoms with van der Waals surface area (Å²) in [7, 11) is 1.66. The summed E-state index contributed by atoms with van der Waals surface area (Å²) in [5.41, 5.74) is 2.63. The second kappa shape index (κ2) is 11.4. The monoisotopic (exact) mass is 538 g/mol. The van der Waals surface area contributed by atoms with E-state index in [1.807, 2.05) is 43.3 Å². The molecule has 0 bridgehead atoms. The first-order valence-electron chi connectivity index (χ1n) is 12.4. The summed E-state index contributed by atoms with van der Waals surface area (Å²) in [6, 6.07) is 26.2. The van der Waals surface area contributed by atoms with Crippen molar-refractivity contribution in [3.8, 4) is 11.5 Å². The van der Waals surface area contributed by atoms with Crippen molar-refractivity contribution < 1.29 is 24.2 Å². The predicted octanol–water partition coefficient (Wildman–Crippen LogP) is 6.75. The lowest BCUT2D eigenvalue weighted by atomic mass is 10.1. The molecule has 1 amide bonds. The Hall–Kier alpha value is -4.56. The van der Waals surface area contributed by atoms with Crippen molar-refractivity contribution in [2.45, 2.75) is 13.5 Å². The van der Waals surface area contributed by atoms with Crippen LogP contribution >= 0.6 is 11.8 Å². The zero-order chi connectivity index (χ0) is 27.4. The van der Waals surface area contributed by atoms with Gasteiger partial charge in [0.25, 0.3) is 5.91 Å². The van der Waals surface area contributed by atoms with E-state index in [0.717, 1.165) is 21.9 Å². The lowest BCUT2D eigenvalue weighted by molar-refractivity contribution is -0.121. The molecule has 0 spiro atoms. The van der Waals surface area contributed by atoms with Gasteiger partial charge >= 0.3 is 5.97 Å². The van der Waals surface area contributed by atoms with Crippen LogP contribution in [0.25, 0.3) is 16.8 Å². The number of hydrogen-bond acceptors (Lipinski definition) is 6. The lowest BCUT2D eigenvalue weighted by Crippen LogP contribution is -2.23. The normalized spacial score (nSPS) is 15.3. The molecular weight excluding hydrogens is 512 g/mol. The first kappa shape index (κ1) is 26.1. The number of carboxylic acid groups (broad SMARTS) is 1. The molecule has 1 saturated heterocycles. The van der Waals surface area contributed by atoms with E-state index in [4.69, 9.17) is 14.6 Å². The Morgan fingerprint density at radius 2 is 1.74 bits per heavy atom. The van der Waals surface area contributed by atoms with E-state index < -0.39 is 5.97 Å². The van der Waals surface area contributed by atoms with Crippen LogP contribution in [0.3, 0.4) is 0 Å². The number of aliphatic imine (C=N–C) groups is 1. The number of carbonyl (C=O) groups is 2. The van der Waals surface area contributed by atoms with Crippen molar-refractivity contribution in [3.05, 3.63) is 107 Å². The number of carboxylic acids is 1. The van der Waals surface area contributed by atoms with E-state index in [9.17, 15) is 9.59 Å². The third-order valence-electron chi connectivity index (χ3n) is 6.17. The first-order chi connectivity index (χ1) is 18.9. The number of ether oxygens (including phenoxy) is 2. The number of hydrogen-bond donors (Lipinski definition) is 1. The number of amidine groups is 1. The minimum Gasteiger partial charge on any atom is -0.490 e. The highest BCUT2D eigenvalue weighted by Crippen LogP contribution is 2.36. The number of benzene rings is 4. The molecule has 196 valence electrons. The number of aromatic carboxylic acids is 1. The van der Waals surface area contributed by atoms with E-state index in [1.165, 1.54) is 28.8 Å². The molecule has 0 atom stereocenters. The third-order valence-corrected chi connectivity index (χ3v) is 7.23. The van der Waals surface area contributed by atoms with Gasteiger partial charge in [-0.2, -0.15) is 0 Å². The molecule has 1 heterocycles. The van der Waals surface area contributed by atoms with Crippen LogP contribution in [-0.4, -0.2) is 40.7 Å². The fourth-order valence-corrected chi connectivity index (χ4v) is 5.15. The van der Waals surface area contributed by atoms with Gasteiger partial charge in [-0.25, -0.2) is 9.79 Å². The van der Waals surface area contributed by atoms with Gasteiger partial charge < -0.3 is 14.6 Å². The highest BCUT2D eigenvalue weighted by Gasteiger charge is 2.30. The van der Waals surface area contributed by atoms with Gasteiger partial charge in [0.1, 0.15) is 6.61 Å². The minimum atomic E-state index is -1.00. The average Bonchev–Trinajstić information content (AvgIpc) is 3.20. The largest absolute Gasteiger partial charge is 0.490 e. The number of carbonyl (C=O) groups excluding carboxylic acids is 1. The summed E-state index contributed by atoms with van der Waals surface area (Å²) in [6.07, 6.45) is 1.80. The van der Waals surface area contributed by atoms with Gasteiger partial charge in [-0.05, 0) is 83.1 Å². The van der Waals surface area contributed by atoms with Crippen LogP contribution in [-0.2, 0) is 11.4 Å². The first-order valence-corrected chi connectivity index (χ1v) is 13.2. The van der Waals surface area contributed by atoms with Gasteiger partial charge in [0.05, 0.1) is 22.8 Å². The van der Waals surface area contributed by atoms with Crippen molar-refractivity contribution in [1.29, 1.82) is 0 Å². The molecule has 4 aromatic carbocycles. The maximum Gasteiger partial charge on any atom is 0.335 e. The molecule has 8 heteroatoms. The maximum atomic E-state index is 12.9. The van der Waals surface area contributed by atoms with Gasteiger partial charge in [0, 0.05) is 7.05 Å². The van der Waals surface area contributed by atoms with Crippen molar-refractivity contribution in [2.24, 2.45) is 4.99 Å². The molecule has 4 aromatic rings. The number of thioether (sulfide) groups is 1. The van der Waals surface area contributed by atoms with Crippen molar-refractivity contribution in [3.63, 3.8) is 0 Å². The van der Waals surface area contributed by atoms with Crippen LogP contribution < -0.4 is 9.47 Å². The molecule has 1 aliphatic heterocycles. The molecule has 1 fully saturated rings. The van der Waals surface area contributed by atoms with Crippen LogP contribution in [0.5, 0.6) is 11.5 Å². The van der Waals surface area contributed by atoms with Crippen molar-refractivity contribution >= 4 is 51.3 Å². The SMILES string of the molecule is CCOc1cc(C=C2SC(=Nc3ccc(C(=O)O)cc3)N(C)C2=O)ccc1OCc1cccc2ccccc12. The van der Waals surface area contributed by atoms with E-state index in [2.05, 4.69) is 29.3 Å². The second-order valence-electron chi connectivity index (χ2n) is 8.79. The Bertz CT molecular complexity index is 1610. The number of fused-ring (bicyclic) bond motifs is 1. The Morgan fingerprint density at radius 1 is 0.974 bits per heavy atom. The smallest absolute Gasteiger partial charge is 0.335 e. The van der Waals surface area contributed by atoms with Gasteiger partial charge in [-0.15, -0.1) is 0 Å². The van der Waals surface area contributed by atoms with E-state index in [1.54, 1.807) is 25.3 Å². The quantitative estimate of drug-likeness (QED) is 0.250. The van der Waals surface area contributed by atoms with Crippen LogP contribution in [0.4, 0.5) is 5.69 Å². The Morgan fingerprint density at radius 3 is 2.51 bits per heavy atom. The molecule has 5 rings (SSSR count). The highest BCUT2D eigenvalue weighted by atomic mass is 32.2. The van der Waals surface area contributed by atoms with Gasteiger partial charge in [-0.1, -0.05) is 48.5 Å². The lowest BCUT2D eigenvalue weighted by Gasteiger charge is -2.14. The summed E-state index contributed by atoms with van der Waals surface area (Å²) >= 11 is 1.26. The number of nitrogens with zero attached hydrogens (tertiary/aromatic N) is 2. The molecule has 0 aliphatic carbocycles. The molecular formula is C31H26N2O5S. The molecule has 1 aliphatic rings. The highest BCUT2D eigenvalue weighted by molar-refractivity contribution is 8.18. The number of rotatable bonds is 8. The van der Waals surface area contributed by atoms with Crippen molar-refractivity contribution in [1.82, 2.24) is 4.90 Å². The van der Waals surface area contributed by atoms with Crippen LogP contribution in [0.2, 0.25) is 0 Å². The number of amides is 1. The average molecular weight is 539 g/mol. The zero-order valence-corrected chi connectivity index (χ0v) is 22.3. The third kappa shape index (κ3) is 5.81. The molecule has 39 heavy (non-hydrogen) atoms. The van der Waals surface area contributed by atoms with Crippen LogP contribution in [0.15, 0.2) is 94.8 Å². The topological polar surface area (TPSA) is 88.4 Å². The maximum absolute atomic E-state index is 12.9. The molecule has 0 saturated carbocycles. The van der Waals surface area contributed by atoms with E-state index in [0.29, 0.717) is 40.5 Å². The zero-order valence-electron chi connectivity index (χ0n) is 21.5. The van der Waals surface area contributed by atoms with Crippen LogP contribution in [0, 0.1) is 0 Å². The number of likely N-dealkylation sites (N-methyl/N-ethyl adjacent to an activating group) is 1. The Kier molecular flexibility index (Phi) is 7.65. The summed E-state index contributed by atoms with van der Waals surface area (Å²) in [5, 5.41) is 11.9. The van der Waals surface area contributed by atoms with E-state index in [-0.39, 0.29) is 11.5 Å². The minimum absolute atomic E-state index is 0.171. The van der Waals surface area contributed by atoms with Gasteiger partial charge in [0.2, 0.25) is 0 Å².